The molecular formula is C13H18N2O3S. The van der Waals surface area contributed by atoms with Gasteiger partial charge in [0, 0.05) is 10.6 Å². The van der Waals surface area contributed by atoms with Gasteiger partial charge in [0.05, 0.1) is 5.41 Å². The molecule has 1 heterocycles. The molecule has 0 saturated heterocycles. The standard InChI is InChI=1S/C13H18N2O3S/c1-13(2,12(16)15-14)8-19-9-3-4-10-11(7-9)18-6-5-17-10/h3-4,7H,5-6,8,14H2,1-2H3,(H,15,16). The summed E-state index contributed by atoms with van der Waals surface area (Å²) >= 11 is 1.59. The summed E-state index contributed by atoms with van der Waals surface area (Å²) in [5.41, 5.74) is 1.67. The van der Waals surface area contributed by atoms with Gasteiger partial charge >= 0.3 is 0 Å². The fraction of sp³-hybridized carbons (Fsp3) is 0.462. The van der Waals surface area contributed by atoms with Crippen molar-refractivity contribution < 1.29 is 14.3 Å². The third-order valence-electron chi connectivity index (χ3n) is 2.86. The monoisotopic (exact) mass is 282 g/mol. The average Bonchev–Trinajstić information content (AvgIpc) is 2.44. The molecule has 1 aromatic rings. The maximum Gasteiger partial charge on any atom is 0.240 e. The van der Waals surface area contributed by atoms with Crippen LogP contribution in [0.5, 0.6) is 11.5 Å². The van der Waals surface area contributed by atoms with Crippen molar-refractivity contribution in [2.45, 2.75) is 18.7 Å². The normalized spacial score (nSPS) is 14.1. The predicted molar refractivity (Wildman–Crippen MR) is 74.3 cm³/mol. The van der Waals surface area contributed by atoms with Crippen LogP contribution in [0.15, 0.2) is 23.1 Å². The van der Waals surface area contributed by atoms with Gasteiger partial charge in [0.2, 0.25) is 5.91 Å². The number of benzene rings is 1. The first-order valence-corrected chi connectivity index (χ1v) is 7.05. The molecule has 104 valence electrons. The second kappa shape index (κ2) is 5.71. The van der Waals surface area contributed by atoms with Crippen LogP contribution in [0.2, 0.25) is 0 Å². The van der Waals surface area contributed by atoms with E-state index in [9.17, 15) is 4.79 Å². The van der Waals surface area contributed by atoms with Gasteiger partial charge in [-0.15, -0.1) is 11.8 Å². The smallest absolute Gasteiger partial charge is 0.240 e. The number of fused-ring (bicyclic) bond motifs is 1. The maximum absolute atomic E-state index is 11.6. The molecule has 2 rings (SSSR count). The highest BCUT2D eigenvalue weighted by atomic mass is 32.2. The number of amides is 1. The Morgan fingerprint density at radius 1 is 1.37 bits per heavy atom. The van der Waals surface area contributed by atoms with Crippen LogP contribution in [0.4, 0.5) is 0 Å². The molecule has 1 aliphatic heterocycles. The molecule has 0 bridgehead atoms. The zero-order valence-electron chi connectivity index (χ0n) is 11.1. The van der Waals surface area contributed by atoms with Crippen molar-refractivity contribution in [3.05, 3.63) is 18.2 Å². The Morgan fingerprint density at radius 3 is 2.74 bits per heavy atom. The van der Waals surface area contributed by atoms with Crippen LogP contribution in [0, 0.1) is 5.41 Å². The van der Waals surface area contributed by atoms with Gasteiger partial charge in [0.15, 0.2) is 11.5 Å². The number of nitrogens with one attached hydrogen (secondary N) is 1. The van der Waals surface area contributed by atoms with Crippen molar-refractivity contribution in [3.63, 3.8) is 0 Å². The van der Waals surface area contributed by atoms with E-state index in [1.807, 2.05) is 32.0 Å². The molecule has 0 spiro atoms. The number of hydrogen-bond acceptors (Lipinski definition) is 5. The minimum atomic E-state index is -0.521. The van der Waals surface area contributed by atoms with E-state index in [-0.39, 0.29) is 5.91 Å². The van der Waals surface area contributed by atoms with Crippen LogP contribution in [-0.2, 0) is 4.79 Å². The molecule has 5 nitrogen and oxygen atoms in total. The topological polar surface area (TPSA) is 73.6 Å². The lowest BCUT2D eigenvalue weighted by Crippen LogP contribution is -2.42. The number of rotatable bonds is 4. The van der Waals surface area contributed by atoms with Crippen molar-refractivity contribution in [1.29, 1.82) is 0 Å². The molecule has 19 heavy (non-hydrogen) atoms. The molecule has 0 atom stereocenters. The minimum Gasteiger partial charge on any atom is -0.486 e. The summed E-state index contributed by atoms with van der Waals surface area (Å²) in [6, 6.07) is 5.80. The Balaban J connectivity index is 2.02. The van der Waals surface area contributed by atoms with E-state index in [1.165, 1.54) is 0 Å². The third kappa shape index (κ3) is 3.33. The van der Waals surface area contributed by atoms with Crippen molar-refractivity contribution in [2.24, 2.45) is 11.3 Å². The van der Waals surface area contributed by atoms with Crippen LogP contribution < -0.4 is 20.7 Å². The number of carbonyl (C=O) groups excluding carboxylic acids is 1. The van der Waals surface area contributed by atoms with Gasteiger partial charge in [-0.2, -0.15) is 0 Å². The van der Waals surface area contributed by atoms with Crippen molar-refractivity contribution in [1.82, 2.24) is 5.43 Å². The number of hydrazine groups is 1. The van der Waals surface area contributed by atoms with Gasteiger partial charge in [-0.3, -0.25) is 10.2 Å². The Hall–Kier alpha value is -1.40. The Kier molecular flexibility index (Phi) is 4.21. The highest BCUT2D eigenvalue weighted by molar-refractivity contribution is 7.99. The molecule has 6 heteroatoms. The van der Waals surface area contributed by atoms with Crippen LogP contribution in [0.1, 0.15) is 13.8 Å². The largest absolute Gasteiger partial charge is 0.486 e. The number of ether oxygens (including phenoxy) is 2. The summed E-state index contributed by atoms with van der Waals surface area (Å²) in [6.07, 6.45) is 0. The first-order chi connectivity index (χ1) is 9.03. The van der Waals surface area contributed by atoms with Crippen molar-refractivity contribution in [3.8, 4) is 11.5 Å². The van der Waals surface area contributed by atoms with E-state index in [0.29, 0.717) is 19.0 Å². The second-order valence-electron chi connectivity index (χ2n) is 4.95. The van der Waals surface area contributed by atoms with E-state index < -0.39 is 5.41 Å². The fourth-order valence-corrected chi connectivity index (χ4v) is 2.65. The maximum atomic E-state index is 11.6. The number of carbonyl (C=O) groups is 1. The first kappa shape index (κ1) is 14.0. The van der Waals surface area contributed by atoms with Crippen molar-refractivity contribution >= 4 is 17.7 Å². The van der Waals surface area contributed by atoms with Crippen LogP contribution >= 0.6 is 11.8 Å². The number of hydrogen-bond donors (Lipinski definition) is 2. The van der Waals surface area contributed by atoms with Crippen LogP contribution in [0.25, 0.3) is 0 Å². The van der Waals surface area contributed by atoms with Crippen LogP contribution in [0.3, 0.4) is 0 Å². The van der Waals surface area contributed by atoms with Gasteiger partial charge in [0.25, 0.3) is 0 Å². The first-order valence-electron chi connectivity index (χ1n) is 6.06. The summed E-state index contributed by atoms with van der Waals surface area (Å²) < 4.78 is 11.0. The van der Waals surface area contributed by atoms with Gasteiger partial charge in [-0.05, 0) is 18.2 Å². The van der Waals surface area contributed by atoms with Gasteiger partial charge in [0.1, 0.15) is 13.2 Å². The molecule has 0 aromatic heterocycles. The number of nitrogens with two attached hydrogens (primary N) is 1. The summed E-state index contributed by atoms with van der Waals surface area (Å²) in [5.74, 6) is 7.17. The van der Waals surface area contributed by atoms with Gasteiger partial charge in [-0.1, -0.05) is 13.8 Å². The number of thioether (sulfide) groups is 1. The molecule has 1 aliphatic rings. The van der Waals surface area contributed by atoms with Gasteiger partial charge < -0.3 is 9.47 Å². The van der Waals surface area contributed by atoms with Crippen molar-refractivity contribution in [2.75, 3.05) is 19.0 Å². The molecule has 1 amide bonds. The Labute approximate surface area is 116 Å². The van der Waals surface area contributed by atoms with E-state index in [2.05, 4.69) is 5.43 Å². The molecule has 0 radical (unpaired) electrons. The summed E-state index contributed by atoms with van der Waals surface area (Å²) in [5, 5.41) is 0. The molecule has 1 aromatic carbocycles. The molecule has 0 fully saturated rings. The molecule has 0 aliphatic carbocycles. The quantitative estimate of drug-likeness (QED) is 0.379. The molecule has 3 N–H and O–H groups in total. The summed E-state index contributed by atoms with van der Waals surface area (Å²) in [7, 11) is 0. The van der Waals surface area contributed by atoms with E-state index in [0.717, 1.165) is 16.4 Å². The molecule has 0 unspecified atom stereocenters. The zero-order valence-corrected chi connectivity index (χ0v) is 11.9. The lowest BCUT2D eigenvalue weighted by molar-refractivity contribution is -0.128. The lowest BCUT2D eigenvalue weighted by atomic mass is 9.96. The SMILES string of the molecule is CC(C)(CSc1ccc2c(c1)OCCO2)C(=O)NN. The van der Waals surface area contributed by atoms with E-state index >= 15 is 0 Å². The lowest BCUT2D eigenvalue weighted by Gasteiger charge is -2.22. The molecular weight excluding hydrogens is 264 g/mol. The second-order valence-corrected chi connectivity index (χ2v) is 6.00. The van der Waals surface area contributed by atoms with Crippen LogP contribution in [-0.4, -0.2) is 24.9 Å². The third-order valence-corrected chi connectivity index (χ3v) is 4.31. The molecule has 0 saturated carbocycles. The van der Waals surface area contributed by atoms with Gasteiger partial charge in [-0.25, -0.2) is 5.84 Å². The fourth-order valence-electron chi connectivity index (χ4n) is 1.64. The predicted octanol–water partition coefficient (Wildman–Crippen LogP) is 1.57. The minimum absolute atomic E-state index is 0.169. The van der Waals surface area contributed by atoms with E-state index in [4.69, 9.17) is 15.3 Å². The highest BCUT2D eigenvalue weighted by Gasteiger charge is 2.27. The average molecular weight is 282 g/mol. The summed E-state index contributed by atoms with van der Waals surface area (Å²) in [6.45, 7) is 4.88. The highest BCUT2D eigenvalue weighted by Crippen LogP contribution is 2.36. The van der Waals surface area contributed by atoms with E-state index in [1.54, 1.807) is 11.8 Å². The zero-order chi connectivity index (χ0) is 13.9. The Bertz CT molecular complexity index is 477. The Morgan fingerprint density at radius 2 is 2.05 bits per heavy atom. The summed E-state index contributed by atoms with van der Waals surface area (Å²) in [4.78, 5) is 12.6.